The van der Waals surface area contributed by atoms with Gasteiger partial charge in [-0.25, -0.2) is 9.97 Å². The molecule has 1 aromatic carbocycles. The fourth-order valence-corrected chi connectivity index (χ4v) is 5.93. The van der Waals surface area contributed by atoms with Crippen LogP contribution in [0.1, 0.15) is 37.3 Å². The standard InChI is InChI=1S/C23H22N6OS/c24-11-17-3-1-2-4-21(17)31(30)14-16-5-7-19(8-6-16)29-13-18(12-28-29)22-20-9-10-25-23(20)27-15-26-22/h1-4,9-10,12-13,15-16,19H,5-8,14H2,(H,25,26,27). The predicted molar refractivity (Wildman–Crippen MR) is 119 cm³/mol. The maximum absolute atomic E-state index is 12.8. The average molecular weight is 431 g/mol. The lowest BCUT2D eigenvalue weighted by molar-refractivity contribution is 0.276. The van der Waals surface area contributed by atoms with Gasteiger partial charge in [-0.05, 0) is 49.8 Å². The van der Waals surface area contributed by atoms with Crippen molar-refractivity contribution in [3.63, 3.8) is 0 Å². The molecule has 1 fully saturated rings. The van der Waals surface area contributed by atoms with Crippen LogP contribution in [0.25, 0.3) is 22.3 Å². The molecule has 1 unspecified atom stereocenters. The van der Waals surface area contributed by atoms with Gasteiger partial charge in [0.15, 0.2) is 0 Å². The van der Waals surface area contributed by atoms with E-state index in [1.807, 2.05) is 35.3 Å². The highest BCUT2D eigenvalue weighted by Gasteiger charge is 2.25. The Morgan fingerprint density at radius 3 is 2.84 bits per heavy atom. The number of aromatic nitrogens is 5. The zero-order chi connectivity index (χ0) is 21.2. The third-order valence-corrected chi connectivity index (χ3v) is 7.68. The third-order valence-electron chi connectivity index (χ3n) is 6.06. The van der Waals surface area contributed by atoms with E-state index >= 15 is 0 Å². The van der Waals surface area contributed by atoms with Gasteiger partial charge in [-0.1, -0.05) is 12.1 Å². The van der Waals surface area contributed by atoms with Crippen molar-refractivity contribution < 1.29 is 4.21 Å². The lowest BCUT2D eigenvalue weighted by Crippen LogP contribution is -2.22. The van der Waals surface area contributed by atoms with E-state index in [0.717, 1.165) is 48.0 Å². The van der Waals surface area contributed by atoms with Crippen molar-refractivity contribution in [3.8, 4) is 17.3 Å². The molecule has 156 valence electrons. The first-order valence-electron chi connectivity index (χ1n) is 10.4. The molecule has 0 amide bonds. The Morgan fingerprint density at radius 2 is 2.00 bits per heavy atom. The van der Waals surface area contributed by atoms with Gasteiger partial charge in [0, 0.05) is 29.1 Å². The summed E-state index contributed by atoms with van der Waals surface area (Å²) in [5.41, 5.74) is 3.21. The van der Waals surface area contributed by atoms with Gasteiger partial charge in [-0.2, -0.15) is 10.4 Å². The van der Waals surface area contributed by atoms with Crippen LogP contribution in [0.15, 0.2) is 60.1 Å². The van der Waals surface area contributed by atoms with Crippen molar-refractivity contribution >= 4 is 21.8 Å². The average Bonchev–Trinajstić information content (AvgIpc) is 3.49. The van der Waals surface area contributed by atoms with E-state index in [1.165, 1.54) is 0 Å². The van der Waals surface area contributed by atoms with Gasteiger partial charge >= 0.3 is 0 Å². The van der Waals surface area contributed by atoms with E-state index in [4.69, 9.17) is 0 Å². The second kappa shape index (κ2) is 8.44. The minimum atomic E-state index is -1.14. The van der Waals surface area contributed by atoms with Crippen LogP contribution in [0.4, 0.5) is 0 Å². The highest BCUT2D eigenvalue weighted by molar-refractivity contribution is 7.85. The van der Waals surface area contributed by atoms with Gasteiger partial charge in [-0.3, -0.25) is 8.89 Å². The number of nitriles is 1. The number of hydrogen-bond acceptors (Lipinski definition) is 5. The lowest BCUT2D eigenvalue weighted by Gasteiger charge is -2.28. The van der Waals surface area contributed by atoms with Crippen LogP contribution in [0, 0.1) is 17.2 Å². The van der Waals surface area contributed by atoms with Gasteiger partial charge in [0.25, 0.3) is 0 Å². The van der Waals surface area contributed by atoms with E-state index in [0.29, 0.717) is 28.2 Å². The van der Waals surface area contributed by atoms with E-state index in [9.17, 15) is 9.47 Å². The Hall–Kier alpha value is -3.31. The highest BCUT2D eigenvalue weighted by atomic mass is 32.2. The minimum Gasteiger partial charge on any atom is -0.346 e. The Labute approximate surface area is 182 Å². The molecule has 7 nitrogen and oxygen atoms in total. The van der Waals surface area contributed by atoms with Crippen LogP contribution >= 0.6 is 0 Å². The fourth-order valence-electron chi connectivity index (χ4n) is 4.40. The first kappa shape index (κ1) is 19.6. The van der Waals surface area contributed by atoms with Crippen LogP contribution in [0.2, 0.25) is 0 Å². The molecule has 0 bridgehead atoms. The van der Waals surface area contributed by atoms with Gasteiger partial charge in [0.2, 0.25) is 0 Å². The molecular weight excluding hydrogens is 408 g/mol. The summed E-state index contributed by atoms with van der Waals surface area (Å²) < 4.78 is 14.9. The zero-order valence-electron chi connectivity index (χ0n) is 16.9. The number of hydrogen-bond donors (Lipinski definition) is 1. The molecule has 8 heteroatoms. The molecule has 0 spiro atoms. The molecule has 4 aromatic rings. The normalized spacial score (nSPS) is 19.8. The molecule has 3 heterocycles. The van der Waals surface area contributed by atoms with E-state index in [2.05, 4.69) is 32.3 Å². The molecule has 3 aromatic heterocycles. The van der Waals surface area contributed by atoms with Crippen LogP contribution in [0.5, 0.6) is 0 Å². The van der Waals surface area contributed by atoms with Crippen LogP contribution < -0.4 is 0 Å². The summed E-state index contributed by atoms with van der Waals surface area (Å²) in [5, 5.41) is 14.9. The number of aromatic amines is 1. The fraction of sp³-hybridized carbons (Fsp3) is 0.304. The number of fused-ring (bicyclic) bond motifs is 1. The van der Waals surface area contributed by atoms with Gasteiger partial charge in [0.1, 0.15) is 18.0 Å². The monoisotopic (exact) mass is 430 g/mol. The Morgan fingerprint density at radius 1 is 1.16 bits per heavy atom. The summed E-state index contributed by atoms with van der Waals surface area (Å²) in [5.74, 6) is 1.02. The number of rotatable bonds is 5. The summed E-state index contributed by atoms with van der Waals surface area (Å²) in [7, 11) is -1.14. The number of H-pyrrole nitrogens is 1. The predicted octanol–water partition coefficient (Wildman–Crippen LogP) is 4.23. The summed E-state index contributed by atoms with van der Waals surface area (Å²) in [6.07, 6.45) is 11.4. The molecular formula is C23H22N6OS. The van der Waals surface area contributed by atoms with Crippen molar-refractivity contribution in [2.24, 2.45) is 5.92 Å². The first-order chi connectivity index (χ1) is 15.2. The maximum atomic E-state index is 12.8. The van der Waals surface area contributed by atoms with Crippen LogP contribution in [-0.2, 0) is 10.8 Å². The minimum absolute atomic E-state index is 0.341. The smallest absolute Gasteiger partial charge is 0.141 e. The summed E-state index contributed by atoms with van der Waals surface area (Å²) in [6, 6.07) is 11.7. The Bertz CT molecular complexity index is 1280. The first-order valence-corrected chi connectivity index (χ1v) is 11.7. The molecule has 0 aliphatic heterocycles. The van der Waals surface area contributed by atoms with Crippen molar-refractivity contribution in [3.05, 3.63) is 60.8 Å². The molecule has 1 N–H and O–H groups in total. The summed E-state index contributed by atoms with van der Waals surface area (Å²) in [4.78, 5) is 12.5. The van der Waals surface area contributed by atoms with E-state index in [-0.39, 0.29) is 0 Å². The van der Waals surface area contributed by atoms with E-state index in [1.54, 1.807) is 18.5 Å². The quantitative estimate of drug-likeness (QED) is 0.511. The SMILES string of the molecule is N#Cc1ccccc1S(=O)CC1CCC(n2cc(-c3ncnc4[nH]ccc34)cn2)CC1. The molecule has 0 saturated heterocycles. The van der Waals surface area contributed by atoms with Gasteiger partial charge < -0.3 is 4.98 Å². The summed E-state index contributed by atoms with van der Waals surface area (Å²) in [6.45, 7) is 0. The lowest BCUT2D eigenvalue weighted by atomic mass is 9.87. The number of nitrogens with zero attached hydrogens (tertiary/aromatic N) is 5. The zero-order valence-corrected chi connectivity index (χ0v) is 17.8. The van der Waals surface area contributed by atoms with Crippen LogP contribution in [-0.4, -0.2) is 34.7 Å². The maximum Gasteiger partial charge on any atom is 0.141 e. The van der Waals surface area contributed by atoms with Gasteiger partial charge in [0.05, 0.1) is 39.2 Å². The topological polar surface area (TPSA) is 100 Å². The molecule has 31 heavy (non-hydrogen) atoms. The molecule has 0 radical (unpaired) electrons. The number of nitrogens with one attached hydrogen (secondary N) is 1. The Balaban J connectivity index is 1.24. The van der Waals surface area contributed by atoms with Crippen molar-refractivity contribution in [2.45, 2.75) is 36.6 Å². The molecule has 1 aliphatic carbocycles. The molecule has 1 saturated carbocycles. The largest absolute Gasteiger partial charge is 0.346 e. The molecule has 5 rings (SSSR count). The molecule has 1 aliphatic rings. The Kier molecular flexibility index (Phi) is 5.35. The highest BCUT2D eigenvalue weighted by Crippen LogP contribution is 2.34. The third kappa shape index (κ3) is 3.89. The second-order valence-corrected chi connectivity index (χ2v) is 9.43. The number of benzene rings is 1. The van der Waals surface area contributed by atoms with Crippen molar-refractivity contribution in [1.82, 2.24) is 24.7 Å². The molecule has 1 atom stereocenters. The van der Waals surface area contributed by atoms with Crippen LogP contribution in [0.3, 0.4) is 0 Å². The van der Waals surface area contributed by atoms with Gasteiger partial charge in [-0.15, -0.1) is 0 Å². The second-order valence-electron chi connectivity index (χ2n) is 7.97. The van der Waals surface area contributed by atoms with E-state index < -0.39 is 10.8 Å². The van der Waals surface area contributed by atoms with Crippen molar-refractivity contribution in [1.29, 1.82) is 5.26 Å². The summed E-state index contributed by atoms with van der Waals surface area (Å²) >= 11 is 0. The van der Waals surface area contributed by atoms with Crippen molar-refractivity contribution in [2.75, 3.05) is 5.75 Å².